The minimum Gasteiger partial charge on any atom is -0.481 e. The quantitative estimate of drug-likeness (QED) is 0.655. The Bertz CT molecular complexity index is 138. The number of ether oxygens (including phenoxy) is 1. The summed E-state index contributed by atoms with van der Waals surface area (Å²) in [6.07, 6.45) is 2.00. The van der Waals surface area contributed by atoms with Gasteiger partial charge in [0.2, 0.25) is 0 Å². The Balaban J connectivity index is 2.38. The van der Waals surface area contributed by atoms with Gasteiger partial charge in [-0.1, -0.05) is 6.92 Å². The van der Waals surface area contributed by atoms with Gasteiger partial charge in [0.1, 0.15) is 0 Å². The summed E-state index contributed by atoms with van der Waals surface area (Å²) in [5.74, 6) is -0.739. The molecule has 0 aliphatic carbocycles. The minimum absolute atomic E-state index is 0.223. The topological polar surface area (TPSA) is 46.5 Å². The fourth-order valence-corrected chi connectivity index (χ4v) is 1.36. The molecule has 3 heteroatoms. The Morgan fingerprint density at radius 3 is 2.91 bits per heavy atom. The summed E-state index contributed by atoms with van der Waals surface area (Å²) in [5, 5.41) is 8.68. The molecule has 11 heavy (non-hydrogen) atoms. The largest absolute Gasteiger partial charge is 0.481 e. The van der Waals surface area contributed by atoms with Crippen molar-refractivity contribution in [1.82, 2.24) is 0 Å². The highest BCUT2D eigenvalue weighted by atomic mass is 16.5. The molecule has 64 valence electrons. The molecule has 1 aliphatic rings. The van der Waals surface area contributed by atoms with E-state index in [2.05, 4.69) is 0 Å². The molecular formula is C8H14O3. The minimum atomic E-state index is -0.708. The average molecular weight is 158 g/mol. The Morgan fingerprint density at radius 2 is 2.45 bits per heavy atom. The first-order chi connectivity index (χ1) is 5.22. The van der Waals surface area contributed by atoms with Gasteiger partial charge < -0.3 is 9.84 Å². The second kappa shape index (κ2) is 3.72. The zero-order chi connectivity index (χ0) is 8.27. The number of carbonyl (C=O) groups is 1. The monoisotopic (exact) mass is 158 g/mol. The molecular weight excluding hydrogens is 144 g/mol. The van der Waals surface area contributed by atoms with Crippen LogP contribution in [-0.2, 0) is 9.53 Å². The second-order valence-corrected chi connectivity index (χ2v) is 3.10. The molecule has 0 spiro atoms. The fourth-order valence-electron chi connectivity index (χ4n) is 1.36. The molecule has 1 N–H and O–H groups in total. The molecule has 3 nitrogen and oxygen atoms in total. The highest BCUT2D eigenvalue weighted by Crippen LogP contribution is 2.21. The second-order valence-electron chi connectivity index (χ2n) is 3.10. The van der Waals surface area contributed by atoms with Crippen LogP contribution < -0.4 is 0 Å². The van der Waals surface area contributed by atoms with Crippen molar-refractivity contribution in [1.29, 1.82) is 0 Å². The van der Waals surface area contributed by atoms with Crippen molar-refractivity contribution in [2.45, 2.75) is 19.8 Å². The highest BCUT2D eigenvalue weighted by molar-refractivity contribution is 5.69. The third kappa shape index (κ3) is 2.19. The van der Waals surface area contributed by atoms with Crippen molar-refractivity contribution < 1.29 is 14.6 Å². The standard InChI is InChI=1S/C8H14O3/c1-6(8(9)10)7-3-2-4-11-5-7/h6-7H,2-5H2,1H3,(H,9,10)/t6-,7?/m1/s1. The normalized spacial score (nSPS) is 27.9. The molecule has 1 aliphatic heterocycles. The van der Waals surface area contributed by atoms with Crippen LogP contribution in [-0.4, -0.2) is 24.3 Å². The highest BCUT2D eigenvalue weighted by Gasteiger charge is 2.25. The Morgan fingerprint density at radius 1 is 1.73 bits per heavy atom. The number of rotatable bonds is 2. The average Bonchev–Trinajstić information content (AvgIpc) is 2.05. The van der Waals surface area contributed by atoms with Gasteiger partial charge in [0.05, 0.1) is 12.5 Å². The molecule has 1 heterocycles. The predicted octanol–water partition coefficient (Wildman–Crippen LogP) is 1.13. The van der Waals surface area contributed by atoms with Crippen molar-refractivity contribution in [2.75, 3.05) is 13.2 Å². The first kappa shape index (κ1) is 8.53. The number of hydrogen-bond acceptors (Lipinski definition) is 2. The third-order valence-electron chi connectivity index (χ3n) is 2.29. The van der Waals surface area contributed by atoms with E-state index >= 15 is 0 Å². The maximum Gasteiger partial charge on any atom is 0.306 e. The van der Waals surface area contributed by atoms with E-state index in [9.17, 15) is 4.79 Å². The summed E-state index contributed by atoms with van der Waals surface area (Å²) in [6, 6.07) is 0. The summed E-state index contributed by atoms with van der Waals surface area (Å²) in [6.45, 7) is 3.16. The maximum absolute atomic E-state index is 10.5. The predicted molar refractivity (Wildman–Crippen MR) is 40.3 cm³/mol. The molecule has 0 saturated carbocycles. The molecule has 0 amide bonds. The van der Waals surface area contributed by atoms with Crippen molar-refractivity contribution in [3.63, 3.8) is 0 Å². The van der Waals surface area contributed by atoms with Crippen LogP contribution in [0.3, 0.4) is 0 Å². The summed E-state index contributed by atoms with van der Waals surface area (Å²) in [7, 11) is 0. The van der Waals surface area contributed by atoms with Crippen molar-refractivity contribution in [3.8, 4) is 0 Å². The van der Waals surface area contributed by atoms with Crippen LogP contribution in [0.25, 0.3) is 0 Å². The lowest BCUT2D eigenvalue weighted by atomic mass is 9.89. The van der Waals surface area contributed by atoms with Crippen LogP contribution >= 0.6 is 0 Å². The summed E-state index contributed by atoms with van der Waals surface area (Å²) in [5.41, 5.74) is 0. The molecule has 1 saturated heterocycles. The zero-order valence-corrected chi connectivity index (χ0v) is 6.75. The number of carboxylic acid groups (broad SMARTS) is 1. The molecule has 1 unspecified atom stereocenters. The van der Waals surface area contributed by atoms with Crippen molar-refractivity contribution in [2.24, 2.45) is 11.8 Å². The Labute approximate surface area is 66.4 Å². The van der Waals surface area contributed by atoms with Crippen LogP contribution in [0.15, 0.2) is 0 Å². The summed E-state index contributed by atoms with van der Waals surface area (Å²) >= 11 is 0. The van der Waals surface area contributed by atoms with E-state index in [1.807, 2.05) is 0 Å². The Hall–Kier alpha value is -0.570. The van der Waals surface area contributed by atoms with E-state index in [1.54, 1.807) is 6.92 Å². The van der Waals surface area contributed by atoms with Crippen LogP contribution in [0.2, 0.25) is 0 Å². The first-order valence-corrected chi connectivity index (χ1v) is 4.02. The summed E-state index contributed by atoms with van der Waals surface area (Å²) in [4.78, 5) is 10.5. The van der Waals surface area contributed by atoms with Crippen LogP contribution in [0.5, 0.6) is 0 Å². The lowest BCUT2D eigenvalue weighted by Gasteiger charge is -2.24. The number of carboxylic acids is 1. The molecule has 1 rings (SSSR count). The first-order valence-electron chi connectivity index (χ1n) is 4.02. The van der Waals surface area contributed by atoms with Crippen molar-refractivity contribution >= 4 is 5.97 Å². The fraction of sp³-hybridized carbons (Fsp3) is 0.875. The molecule has 2 atom stereocenters. The van der Waals surface area contributed by atoms with Gasteiger partial charge in [-0.15, -0.1) is 0 Å². The lowest BCUT2D eigenvalue weighted by molar-refractivity contribution is -0.144. The van der Waals surface area contributed by atoms with Gasteiger partial charge in [-0.25, -0.2) is 0 Å². The van der Waals surface area contributed by atoms with Gasteiger partial charge in [0.25, 0.3) is 0 Å². The third-order valence-corrected chi connectivity index (χ3v) is 2.29. The lowest BCUT2D eigenvalue weighted by Crippen LogP contribution is -2.28. The van der Waals surface area contributed by atoms with E-state index in [-0.39, 0.29) is 11.8 Å². The summed E-state index contributed by atoms with van der Waals surface area (Å²) < 4.78 is 5.19. The van der Waals surface area contributed by atoms with Crippen LogP contribution in [0.1, 0.15) is 19.8 Å². The van der Waals surface area contributed by atoms with Crippen molar-refractivity contribution in [3.05, 3.63) is 0 Å². The number of aliphatic carboxylic acids is 1. The van der Waals surface area contributed by atoms with Gasteiger partial charge >= 0.3 is 5.97 Å². The molecule has 0 bridgehead atoms. The molecule has 0 aromatic heterocycles. The van der Waals surface area contributed by atoms with Gasteiger partial charge in [-0.2, -0.15) is 0 Å². The van der Waals surface area contributed by atoms with Gasteiger partial charge in [0, 0.05) is 6.61 Å². The molecule has 0 radical (unpaired) electrons. The number of hydrogen-bond donors (Lipinski definition) is 1. The van der Waals surface area contributed by atoms with Gasteiger partial charge in [-0.3, -0.25) is 4.79 Å². The molecule has 0 aromatic rings. The van der Waals surface area contributed by atoms with E-state index < -0.39 is 5.97 Å². The smallest absolute Gasteiger partial charge is 0.306 e. The SMILES string of the molecule is C[C@@H](C(=O)O)C1CCCOC1. The van der Waals surface area contributed by atoms with E-state index in [0.717, 1.165) is 19.4 Å². The van der Waals surface area contributed by atoms with E-state index in [1.165, 1.54) is 0 Å². The maximum atomic E-state index is 10.5. The van der Waals surface area contributed by atoms with Gasteiger partial charge in [-0.05, 0) is 18.8 Å². The van der Waals surface area contributed by atoms with Crippen LogP contribution in [0, 0.1) is 11.8 Å². The van der Waals surface area contributed by atoms with E-state index in [0.29, 0.717) is 6.61 Å². The van der Waals surface area contributed by atoms with E-state index in [4.69, 9.17) is 9.84 Å². The molecule has 0 aromatic carbocycles. The van der Waals surface area contributed by atoms with Gasteiger partial charge in [0.15, 0.2) is 0 Å². The molecule has 1 fully saturated rings. The van der Waals surface area contributed by atoms with Crippen LogP contribution in [0.4, 0.5) is 0 Å². The zero-order valence-electron chi connectivity index (χ0n) is 6.75. The Kier molecular flexibility index (Phi) is 2.88.